The van der Waals surface area contributed by atoms with Gasteiger partial charge >= 0.3 is 0 Å². The maximum absolute atomic E-state index is 13.5. The van der Waals surface area contributed by atoms with Crippen molar-refractivity contribution in [3.8, 4) is 5.75 Å². The fraction of sp³-hybridized carbons (Fsp3) is 0.500. The van der Waals surface area contributed by atoms with Gasteiger partial charge in [0.2, 0.25) is 0 Å². The van der Waals surface area contributed by atoms with Crippen LogP contribution in [0.5, 0.6) is 5.75 Å². The molecule has 8 nitrogen and oxygen atoms in total. The van der Waals surface area contributed by atoms with Gasteiger partial charge in [0.1, 0.15) is 11.3 Å². The molecule has 0 saturated carbocycles. The van der Waals surface area contributed by atoms with Gasteiger partial charge in [-0.1, -0.05) is 17.4 Å². The molecule has 4 rings (SSSR count). The largest absolute Gasteiger partial charge is 0.492 e. The van der Waals surface area contributed by atoms with Crippen LogP contribution in [0.3, 0.4) is 0 Å². The first-order chi connectivity index (χ1) is 15.1. The molecule has 1 fully saturated rings. The first kappa shape index (κ1) is 24.4. The molecule has 0 unspecified atom stereocenters. The van der Waals surface area contributed by atoms with E-state index in [4.69, 9.17) is 14.5 Å². The molecule has 32 heavy (non-hydrogen) atoms. The van der Waals surface area contributed by atoms with Crippen molar-refractivity contribution >= 4 is 45.0 Å². The van der Waals surface area contributed by atoms with Crippen LogP contribution < -0.4 is 9.64 Å². The smallest absolute Gasteiger partial charge is 0.280 e. The summed E-state index contributed by atoms with van der Waals surface area (Å²) in [6.07, 6.45) is 0. The average molecular weight is 480 g/mol. The molecule has 1 aromatic carbocycles. The summed E-state index contributed by atoms with van der Waals surface area (Å²) in [6, 6.07) is 7.75. The second-order valence-electron chi connectivity index (χ2n) is 7.43. The van der Waals surface area contributed by atoms with Crippen molar-refractivity contribution in [2.75, 3.05) is 50.9 Å². The van der Waals surface area contributed by atoms with E-state index in [9.17, 15) is 4.79 Å². The van der Waals surface area contributed by atoms with Crippen molar-refractivity contribution in [1.29, 1.82) is 0 Å². The van der Waals surface area contributed by atoms with Crippen LogP contribution in [0.1, 0.15) is 30.0 Å². The van der Waals surface area contributed by atoms with E-state index >= 15 is 0 Å². The first-order valence-corrected chi connectivity index (χ1v) is 11.6. The minimum atomic E-state index is -0.124. The van der Waals surface area contributed by atoms with Crippen molar-refractivity contribution in [3.05, 3.63) is 35.7 Å². The van der Waals surface area contributed by atoms with Crippen molar-refractivity contribution < 1.29 is 14.3 Å². The van der Waals surface area contributed by atoms with Gasteiger partial charge in [-0.15, -0.1) is 12.4 Å². The molecular weight excluding hydrogens is 450 g/mol. The third-order valence-electron chi connectivity index (χ3n) is 5.39. The summed E-state index contributed by atoms with van der Waals surface area (Å²) in [4.78, 5) is 22.4. The Hall–Kier alpha value is -2.20. The number of rotatable bonds is 8. The number of aromatic nitrogens is 3. The summed E-state index contributed by atoms with van der Waals surface area (Å²) in [7, 11) is 0. The number of benzene rings is 1. The topological polar surface area (TPSA) is 72.7 Å². The van der Waals surface area contributed by atoms with Gasteiger partial charge in [-0.2, -0.15) is 5.10 Å². The highest BCUT2D eigenvalue weighted by atomic mass is 35.5. The third kappa shape index (κ3) is 5.23. The molecule has 0 bridgehead atoms. The van der Waals surface area contributed by atoms with Crippen molar-refractivity contribution in [1.82, 2.24) is 19.7 Å². The summed E-state index contributed by atoms with van der Waals surface area (Å²) < 4.78 is 14.0. The van der Waals surface area contributed by atoms with Gasteiger partial charge in [0.15, 0.2) is 10.8 Å². The SMILES string of the molecule is CCOc1cccc2sc(N(CCN3CCOCC3)C(=O)c3cc(C)n(CC)n3)nc12.Cl. The Labute approximate surface area is 198 Å². The lowest BCUT2D eigenvalue weighted by Gasteiger charge is -2.29. The number of aryl methyl sites for hydroxylation is 2. The third-order valence-corrected chi connectivity index (χ3v) is 6.43. The number of fused-ring (bicyclic) bond motifs is 1. The Balaban J connectivity index is 0.00000289. The highest BCUT2D eigenvalue weighted by Crippen LogP contribution is 2.34. The standard InChI is InChI=1S/C22H29N5O3S.ClH/c1-4-27-16(3)15-17(24-27)21(28)26(10-9-25-11-13-29-14-12-25)22-23-20-18(30-5-2)7-6-8-19(20)31-22;/h6-8,15H,4-5,9-14H2,1-3H3;1H. The monoisotopic (exact) mass is 479 g/mol. The molecule has 10 heteroatoms. The lowest BCUT2D eigenvalue weighted by Crippen LogP contribution is -2.43. The molecule has 1 aliphatic rings. The van der Waals surface area contributed by atoms with Crippen molar-refractivity contribution in [2.24, 2.45) is 0 Å². The van der Waals surface area contributed by atoms with Gasteiger partial charge in [-0.3, -0.25) is 19.3 Å². The number of hydrogen-bond donors (Lipinski definition) is 0. The van der Waals surface area contributed by atoms with E-state index < -0.39 is 0 Å². The van der Waals surface area contributed by atoms with Gasteiger partial charge in [0, 0.05) is 38.4 Å². The molecule has 1 amide bonds. The van der Waals surface area contributed by atoms with Gasteiger partial charge < -0.3 is 9.47 Å². The summed E-state index contributed by atoms with van der Waals surface area (Å²) in [5.41, 5.74) is 2.22. The number of nitrogens with zero attached hydrogens (tertiary/aromatic N) is 5. The minimum Gasteiger partial charge on any atom is -0.492 e. The molecule has 3 heterocycles. The summed E-state index contributed by atoms with van der Waals surface area (Å²) >= 11 is 1.51. The second kappa shape index (κ2) is 11.1. The van der Waals surface area contributed by atoms with Crippen LogP contribution in [0.4, 0.5) is 5.13 Å². The summed E-state index contributed by atoms with van der Waals surface area (Å²) in [5.74, 6) is 0.620. The zero-order chi connectivity index (χ0) is 21.8. The van der Waals surface area contributed by atoms with Crippen molar-refractivity contribution in [2.45, 2.75) is 27.3 Å². The average Bonchev–Trinajstić information content (AvgIpc) is 3.38. The number of carbonyl (C=O) groups is 1. The maximum Gasteiger partial charge on any atom is 0.280 e. The first-order valence-electron chi connectivity index (χ1n) is 10.8. The zero-order valence-corrected chi connectivity index (χ0v) is 20.4. The normalized spacial score (nSPS) is 14.3. The van der Waals surface area contributed by atoms with Crippen LogP contribution in [-0.2, 0) is 11.3 Å². The Morgan fingerprint density at radius 2 is 2.06 bits per heavy atom. The molecule has 0 aliphatic carbocycles. The number of halogens is 1. The van der Waals surface area contributed by atoms with E-state index in [0.29, 0.717) is 24.0 Å². The van der Waals surface area contributed by atoms with E-state index in [2.05, 4.69) is 10.00 Å². The highest BCUT2D eigenvalue weighted by molar-refractivity contribution is 7.22. The highest BCUT2D eigenvalue weighted by Gasteiger charge is 2.25. The maximum atomic E-state index is 13.5. The lowest BCUT2D eigenvalue weighted by molar-refractivity contribution is 0.0391. The molecule has 0 spiro atoms. The van der Waals surface area contributed by atoms with Gasteiger partial charge in [0.25, 0.3) is 5.91 Å². The van der Waals surface area contributed by atoms with E-state index in [1.54, 1.807) is 4.90 Å². The van der Waals surface area contributed by atoms with E-state index in [1.807, 2.05) is 49.7 Å². The van der Waals surface area contributed by atoms with Crippen LogP contribution in [0.15, 0.2) is 24.3 Å². The Bertz CT molecular complexity index is 1050. The molecule has 0 N–H and O–H groups in total. The molecule has 174 valence electrons. The zero-order valence-electron chi connectivity index (χ0n) is 18.7. The number of thiazole rings is 1. The number of carbonyl (C=O) groups excluding carboxylic acids is 1. The molecule has 2 aromatic heterocycles. The van der Waals surface area contributed by atoms with Crippen LogP contribution >= 0.6 is 23.7 Å². The number of anilines is 1. The Morgan fingerprint density at radius 1 is 1.28 bits per heavy atom. The number of para-hydroxylation sites is 1. The number of morpholine rings is 1. The second-order valence-corrected chi connectivity index (χ2v) is 8.44. The fourth-order valence-electron chi connectivity index (χ4n) is 3.72. The molecule has 1 aliphatic heterocycles. The fourth-order valence-corrected chi connectivity index (χ4v) is 4.73. The molecule has 1 saturated heterocycles. The van der Waals surface area contributed by atoms with E-state index in [-0.39, 0.29) is 18.3 Å². The molecule has 3 aromatic rings. The molecule has 0 atom stereocenters. The minimum absolute atomic E-state index is 0. The van der Waals surface area contributed by atoms with Crippen LogP contribution in [0, 0.1) is 6.92 Å². The van der Waals surface area contributed by atoms with Gasteiger partial charge in [-0.05, 0) is 39.0 Å². The summed E-state index contributed by atoms with van der Waals surface area (Å²) in [6.45, 7) is 11.8. The Kier molecular flexibility index (Phi) is 8.47. The predicted octanol–water partition coefficient (Wildman–Crippen LogP) is 3.62. The van der Waals surface area contributed by atoms with Crippen LogP contribution in [0.2, 0.25) is 0 Å². The predicted molar refractivity (Wildman–Crippen MR) is 130 cm³/mol. The number of hydrogen-bond acceptors (Lipinski definition) is 7. The molecular formula is C22H30ClN5O3S. The lowest BCUT2D eigenvalue weighted by atomic mass is 10.3. The summed E-state index contributed by atoms with van der Waals surface area (Å²) in [5, 5.41) is 5.18. The van der Waals surface area contributed by atoms with Crippen LogP contribution in [-0.4, -0.2) is 71.6 Å². The van der Waals surface area contributed by atoms with Gasteiger partial charge in [0.05, 0.1) is 24.5 Å². The number of amides is 1. The molecule has 0 radical (unpaired) electrons. The number of ether oxygens (including phenoxy) is 2. The van der Waals surface area contributed by atoms with Crippen molar-refractivity contribution in [3.63, 3.8) is 0 Å². The Morgan fingerprint density at radius 3 is 2.75 bits per heavy atom. The quantitative estimate of drug-likeness (QED) is 0.491. The van der Waals surface area contributed by atoms with E-state index in [0.717, 1.165) is 61.1 Å². The van der Waals surface area contributed by atoms with Gasteiger partial charge in [-0.25, -0.2) is 4.98 Å². The van der Waals surface area contributed by atoms with E-state index in [1.165, 1.54) is 11.3 Å². The van der Waals surface area contributed by atoms with Crippen LogP contribution in [0.25, 0.3) is 10.2 Å².